The normalized spacial score (nSPS) is 22.8. The van der Waals surface area contributed by atoms with Crippen LogP contribution in [0, 0.1) is 5.41 Å². The molecular weight excluding hydrogens is 174 g/mol. The molecule has 1 atom stereocenters. The molecule has 0 saturated heterocycles. The highest BCUT2D eigenvalue weighted by atomic mass is 16.3. The van der Waals surface area contributed by atoms with E-state index in [4.69, 9.17) is 0 Å². The maximum absolute atomic E-state index is 10.3. The molecule has 0 aromatic carbocycles. The van der Waals surface area contributed by atoms with E-state index in [0.717, 1.165) is 18.4 Å². The zero-order chi connectivity index (χ0) is 10.2. The molecule has 1 fully saturated rings. The van der Waals surface area contributed by atoms with E-state index in [-0.39, 0.29) is 5.41 Å². The molecule has 2 rings (SSSR count). The summed E-state index contributed by atoms with van der Waals surface area (Å²) in [6.45, 7) is 4.09. The molecule has 1 aliphatic rings. The molecule has 1 N–H and O–H groups in total. The maximum atomic E-state index is 10.3. The first-order chi connectivity index (χ1) is 6.54. The molecule has 2 heteroatoms. The molecule has 1 aliphatic carbocycles. The van der Waals surface area contributed by atoms with Crippen molar-refractivity contribution in [1.82, 2.24) is 4.98 Å². The predicted molar refractivity (Wildman–Crippen MR) is 55.9 cm³/mol. The van der Waals surface area contributed by atoms with Gasteiger partial charge in [0, 0.05) is 18.8 Å². The van der Waals surface area contributed by atoms with Crippen LogP contribution in [0.2, 0.25) is 0 Å². The van der Waals surface area contributed by atoms with Crippen LogP contribution in [0.15, 0.2) is 24.5 Å². The van der Waals surface area contributed by atoms with Crippen molar-refractivity contribution in [3.8, 4) is 0 Å². The minimum atomic E-state index is -0.587. The van der Waals surface area contributed by atoms with Gasteiger partial charge in [0.15, 0.2) is 0 Å². The van der Waals surface area contributed by atoms with E-state index in [1.165, 1.54) is 0 Å². The van der Waals surface area contributed by atoms with Crippen molar-refractivity contribution in [1.29, 1.82) is 0 Å². The highest BCUT2D eigenvalue weighted by Gasteiger charge is 2.51. The molecule has 0 amide bonds. The molecule has 0 aliphatic heterocycles. The standard InChI is InChI=1S/C12H17NO/c1-11(5-6-11)12(2,14)8-10-4-3-7-13-9-10/h3-4,7,9,14H,5-6,8H2,1-2H3. The molecule has 1 unspecified atom stereocenters. The molecule has 1 aromatic rings. The first-order valence-corrected chi connectivity index (χ1v) is 5.15. The van der Waals surface area contributed by atoms with Crippen LogP contribution in [-0.4, -0.2) is 15.7 Å². The van der Waals surface area contributed by atoms with Gasteiger partial charge in [0.05, 0.1) is 5.60 Å². The summed E-state index contributed by atoms with van der Waals surface area (Å²) in [7, 11) is 0. The molecule has 0 spiro atoms. The number of aliphatic hydroxyl groups is 1. The average Bonchev–Trinajstić information content (AvgIpc) is 2.86. The number of nitrogens with zero attached hydrogens (tertiary/aromatic N) is 1. The Bertz CT molecular complexity index is 314. The smallest absolute Gasteiger partial charge is 0.0713 e. The van der Waals surface area contributed by atoms with Crippen LogP contribution in [-0.2, 0) is 6.42 Å². The molecule has 0 bridgehead atoms. The van der Waals surface area contributed by atoms with Crippen molar-refractivity contribution in [2.24, 2.45) is 5.41 Å². The number of hydrogen-bond acceptors (Lipinski definition) is 2. The summed E-state index contributed by atoms with van der Waals surface area (Å²) in [4.78, 5) is 4.06. The monoisotopic (exact) mass is 191 g/mol. The van der Waals surface area contributed by atoms with E-state index in [2.05, 4.69) is 11.9 Å². The zero-order valence-electron chi connectivity index (χ0n) is 8.83. The van der Waals surface area contributed by atoms with Gasteiger partial charge in [-0.05, 0) is 36.8 Å². The minimum Gasteiger partial charge on any atom is -0.389 e. The third kappa shape index (κ3) is 1.67. The summed E-state index contributed by atoms with van der Waals surface area (Å²) in [6.07, 6.45) is 6.58. The lowest BCUT2D eigenvalue weighted by atomic mass is 9.82. The molecule has 76 valence electrons. The second-order valence-electron chi connectivity index (χ2n) is 4.87. The first kappa shape index (κ1) is 9.66. The Morgan fingerprint density at radius 2 is 2.29 bits per heavy atom. The third-order valence-corrected chi connectivity index (χ3v) is 3.57. The average molecular weight is 191 g/mol. The Kier molecular flexibility index (Phi) is 2.11. The van der Waals surface area contributed by atoms with E-state index in [1.54, 1.807) is 6.20 Å². The lowest BCUT2D eigenvalue weighted by Gasteiger charge is -2.30. The van der Waals surface area contributed by atoms with Gasteiger partial charge in [0.25, 0.3) is 0 Å². The largest absolute Gasteiger partial charge is 0.389 e. The fourth-order valence-electron chi connectivity index (χ4n) is 1.84. The summed E-state index contributed by atoms with van der Waals surface area (Å²) in [6, 6.07) is 3.94. The van der Waals surface area contributed by atoms with Gasteiger partial charge in [-0.2, -0.15) is 0 Å². The van der Waals surface area contributed by atoms with Crippen LogP contribution in [0.25, 0.3) is 0 Å². The predicted octanol–water partition coefficient (Wildman–Crippen LogP) is 2.18. The van der Waals surface area contributed by atoms with E-state index >= 15 is 0 Å². The fraction of sp³-hybridized carbons (Fsp3) is 0.583. The van der Waals surface area contributed by atoms with Gasteiger partial charge in [0.1, 0.15) is 0 Å². The van der Waals surface area contributed by atoms with Crippen LogP contribution >= 0.6 is 0 Å². The van der Waals surface area contributed by atoms with Gasteiger partial charge in [-0.15, -0.1) is 0 Å². The Morgan fingerprint density at radius 1 is 1.57 bits per heavy atom. The van der Waals surface area contributed by atoms with Crippen molar-refractivity contribution in [3.05, 3.63) is 30.1 Å². The first-order valence-electron chi connectivity index (χ1n) is 5.15. The number of hydrogen-bond donors (Lipinski definition) is 1. The van der Waals surface area contributed by atoms with Crippen molar-refractivity contribution in [2.75, 3.05) is 0 Å². The summed E-state index contributed by atoms with van der Waals surface area (Å²) >= 11 is 0. The van der Waals surface area contributed by atoms with Gasteiger partial charge in [-0.3, -0.25) is 4.98 Å². The molecule has 1 aromatic heterocycles. The second-order valence-corrected chi connectivity index (χ2v) is 4.87. The Hall–Kier alpha value is -0.890. The van der Waals surface area contributed by atoms with Gasteiger partial charge >= 0.3 is 0 Å². The Morgan fingerprint density at radius 3 is 2.79 bits per heavy atom. The van der Waals surface area contributed by atoms with Crippen LogP contribution in [0.3, 0.4) is 0 Å². The molecule has 1 saturated carbocycles. The fourth-order valence-corrected chi connectivity index (χ4v) is 1.84. The van der Waals surface area contributed by atoms with Crippen molar-refractivity contribution < 1.29 is 5.11 Å². The van der Waals surface area contributed by atoms with E-state index in [0.29, 0.717) is 6.42 Å². The topological polar surface area (TPSA) is 33.1 Å². The summed E-state index contributed by atoms with van der Waals surface area (Å²) in [5, 5.41) is 10.3. The quantitative estimate of drug-likeness (QED) is 0.794. The Balaban J connectivity index is 2.11. The highest BCUT2D eigenvalue weighted by Crippen LogP contribution is 2.54. The second kappa shape index (κ2) is 3.06. The lowest BCUT2D eigenvalue weighted by Crippen LogP contribution is -2.36. The Labute approximate surface area is 85.0 Å². The molecule has 2 nitrogen and oxygen atoms in total. The summed E-state index contributed by atoms with van der Waals surface area (Å²) in [5.74, 6) is 0. The maximum Gasteiger partial charge on any atom is 0.0713 e. The van der Waals surface area contributed by atoms with Crippen LogP contribution in [0.4, 0.5) is 0 Å². The van der Waals surface area contributed by atoms with E-state index in [1.807, 2.05) is 25.3 Å². The van der Waals surface area contributed by atoms with Crippen LogP contribution < -0.4 is 0 Å². The highest BCUT2D eigenvalue weighted by molar-refractivity contribution is 5.15. The minimum absolute atomic E-state index is 0.128. The van der Waals surface area contributed by atoms with Gasteiger partial charge in [-0.1, -0.05) is 13.0 Å². The molecule has 1 heterocycles. The van der Waals surface area contributed by atoms with Gasteiger partial charge in [0.2, 0.25) is 0 Å². The zero-order valence-corrected chi connectivity index (χ0v) is 8.83. The van der Waals surface area contributed by atoms with Crippen LogP contribution in [0.5, 0.6) is 0 Å². The molecule has 14 heavy (non-hydrogen) atoms. The van der Waals surface area contributed by atoms with Crippen molar-refractivity contribution in [3.63, 3.8) is 0 Å². The molecule has 0 radical (unpaired) electrons. The van der Waals surface area contributed by atoms with Crippen molar-refractivity contribution in [2.45, 2.75) is 38.7 Å². The summed E-state index contributed by atoms with van der Waals surface area (Å²) in [5.41, 5.74) is 0.657. The van der Waals surface area contributed by atoms with Crippen LogP contribution in [0.1, 0.15) is 32.3 Å². The third-order valence-electron chi connectivity index (χ3n) is 3.57. The van der Waals surface area contributed by atoms with E-state index in [9.17, 15) is 5.11 Å². The lowest BCUT2D eigenvalue weighted by molar-refractivity contribution is -0.00708. The van der Waals surface area contributed by atoms with Gasteiger partial charge in [-0.25, -0.2) is 0 Å². The number of pyridine rings is 1. The number of rotatable bonds is 3. The van der Waals surface area contributed by atoms with Gasteiger partial charge < -0.3 is 5.11 Å². The summed E-state index contributed by atoms with van der Waals surface area (Å²) < 4.78 is 0. The number of aromatic nitrogens is 1. The van der Waals surface area contributed by atoms with E-state index < -0.39 is 5.60 Å². The molecular formula is C12H17NO. The SMILES string of the molecule is CC(O)(Cc1cccnc1)C1(C)CC1. The van der Waals surface area contributed by atoms with Crippen molar-refractivity contribution >= 4 is 0 Å².